The van der Waals surface area contributed by atoms with Crippen LogP contribution in [0.3, 0.4) is 0 Å². The minimum atomic E-state index is -3.17. The van der Waals surface area contributed by atoms with E-state index < -0.39 is 10.0 Å². The molecule has 1 aromatic carbocycles. The molecule has 0 saturated carbocycles. The Hall–Kier alpha value is -2.16. The van der Waals surface area contributed by atoms with Gasteiger partial charge in [0.05, 0.1) is 18.5 Å². The second kappa shape index (κ2) is 9.32. The highest BCUT2D eigenvalue weighted by molar-refractivity contribution is 7.88. The third kappa shape index (κ3) is 5.50. The Morgan fingerprint density at radius 1 is 1.27 bits per heavy atom. The Labute approximate surface area is 182 Å². The normalized spacial score (nSPS) is 16.3. The third-order valence-electron chi connectivity index (χ3n) is 5.39. The number of nitrogens with zero attached hydrogens (tertiary/aromatic N) is 3. The number of benzene rings is 1. The van der Waals surface area contributed by atoms with E-state index in [0.29, 0.717) is 37.5 Å². The molecule has 1 fully saturated rings. The molecule has 7 nitrogen and oxygen atoms in total. The smallest absolute Gasteiger partial charge is 0.244 e. The maximum Gasteiger partial charge on any atom is 0.244 e. The Bertz CT molecular complexity index is 1050. The quantitative estimate of drug-likeness (QED) is 0.686. The summed E-state index contributed by atoms with van der Waals surface area (Å²) < 4.78 is 26.5. The Balaban J connectivity index is 1.61. The zero-order valence-corrected chi connectivity index (χ0v) is 19.0. The van der Waals surface area contributed by atoms with Crippen LogP contribution in [0.4, 0.5) is 0 Å². The van der Waals surface area contributed by atoms with Crippen LogP contribution in [-0.2, 0) is 21.4 Å². The molecule has 1 saturated heterocycles. The number of carbonyl (C=O) groups excluding carboxylic acids is 1. The van der Waals surface area contributed by atoms with Gasteiger partial charge in [-0.3, -0.25) is 9.48 Å². The van der Waals surface area contributed by atoms with Crippen LogP contribution >= 0.6 is 11.6 Å². The number of hydrogen-bond donors (Lipinski definition) is 1. The van der Waals surface area contributed by atoms with Gasteiger partial charge in [-0.05, 0) is 44.4 Å². The van der Waals surface area contributed by atoms with Gasteiger partial charge in [0.25, 0.3) is 0 Å². The predicted octanol–water partition coefficient (Wildman–Crippen LogP) is 2.76. The first kappa shape index (κ1) is 22.5. The summed E-state index contributed by atoms with van der Waals surface area (Å²) in [5, 5.41) is 8.24. The number of halogens is 1. The van der Waals surface area contributed by atoms with Gasteiger partial charge in [-0.25, -0.2) is 12.7 Å². The summed E-state index contributed by atoms with van der Waals surface area (Å²) >= 11 is 6.26. The van der Waals surface area contributed by atoms with E-state index in [1.807, 2.05) is 42.8 Å². The van der Waals surface area contributed by atoms with Crippen molar-refractivity contribution in [3.05, 3.63) is 57.9 Å². The molecule has 2 aromatic rings. The van der Waals surface area contributed by atoms with E-state index in [4.69, 9.17) is 11.6 Å². The highest BCUT2D eigenvalue weighted by Crippen LogP contribution is 2.20. The molecule has 30 heavy (non-hydrogen) atoms. The SMILES string of the molecule is Cc1nn(Cc2ccccc2Cl)c(C)c1/C=C/C(=O)NC1CCN(S(C)(=O)=O)CC1. The number of carbonyl (C=O) groups is 1. The second-order valence-electron chi connectivity index (χ2n) is 7.61. The first-order valence-electron chi connectivity index (χ1n) is 9.86. The Morgan fingerprint density at radius 2 is 1.93 bits per heavy atom. The molecule has 0 spiro atoms. The van der Waals surface area contributed by atoms with Crippen LogP contribution in [0.25, 0.3) is 6.08 Å². The second-order valence-corrected chi connectivity index (χ2v) is 10.0. The maximum atomic E-state index is 12.4. The summed E-state index contributed by atoms with van der Waals surface area (Å²) in [5.41, 5.74) is 3.69. The molecule has 1 aromatic heterocycles. The van der Waals surface area contributed by atoms with E-state index in [1.165, 1.54) is 16.6 Å². The number of aromatic nitrogens is 2. The van der Waals surface area contributed by atoms with E-state index in [-0.39, 0.29) is 11.9 Å². The lowest BCUT2D eigenvalue weighted by Gasteiger charge is -2.30. The molecule has 0 radical (unpaired) electrons. The van der Waals surface area contributed by atoms with E-state index in [2.05, 4.69) is 10.4 Å². The van der Waals surface area contributed by atoms with Gasteiger partial charge in [-0.15, -0.1) is 0 Å². The van der Waals surface area contributed by atoms with Crippen LogP contribution < -0.4 is 5.32 Å². The Morgan fingerprint density at radius 3 is 2.57 bits per heavy atom. The van der Waals surface area contributed by atoms with Gasteiger partial charge in [0.2, 0.25) is 15.9 Å². The number of aryl methyl sites for hydroxylation is 1. The average molecular weight is 451 g/mol. The molecule has 1 amide bonds. The fourth-order valence-corrected chi connectivity index (χ4v) is 4.70. The molecule has 0 bridgehead atoms. The van der Waals surface area contributed by atoms with Crippen molar-refractivity contribution in [3.8, 4) is 0 Å². The molecule has 162 valence electrons. The molecule has 0 unspecified atom stereocenters. The van der Waals surface area contributed by atoms with Crippen LogP contribution in [0.2, 0.25) is 5.02 Å². The van der Waals surface area contributed by atoms with Gasteiger partial charge in [-0.1, -0.05) is 29.8 Å². The van der Waals surface area contributed by atoms with E-state index in [0.717, 1.165) is 22.5 Å². The van der Waals surface area contributed by atoms with Crippen molar-refractivity contribution in [1.82, 2.24) is 19.4 Å². The van der Waals surface area contributed by atoms with Crippen LogP contribution in [0.5, 0.6) is 0 Å². The van der Waals surface area contributed by atoms with Gasteiger partial charge in [0, 0.05) is 41.5 Å². The number of piperidine rings is 1. The minimum Gasteiger partial charge on any atom is -0.350 e. The first-order chi connectivity index (χ1) is 14.1. The molecule has 3 rings (SSSR count). The summed E-state index contributed by atoms with van der Waals surface area (Å²) in [6, 6.07) is 7.64. The van der Waals surface area contributed by atoms with Gasteiger partial charge in [0.1, 0.15) is 0 Å². The van der Waals surface area contributed by atoms with Crippen molar-refractivity contribution in [2.45, 2.75) is 39.3 Å². The van der Waals surface area contributed by atoms with E-state index >= 15 is 0 Å². The summed E-state index contributed by atoms with van der Waals surface area (Å²) in [4.78, 5) is 12.4. The summed E-state index contributed by atoms with van der Waals surface area (Å²) in [7, 11) is -3.17. The zero-order chi connectivity index (χ0) is 21.9. The van der Waals surface area contributed by atoms with Crippen molar-refractivity contribution in [2.24, 2.45) is 0 Å². The first-order valence-corrected chi connectivity index (χ1v) is 12.1. The number of hydrogen-bond acceptors (Lipinski definition) is 4. The standard InChI is InChI=1S/C21H27ClN4O3S/c1-15-19(16(2)26(24-15)14-17-6-4-5-7-20(17)22)8-9-21(27)23-18-10-12-25(13-11-18)30(3,28)29/h4-9,18H,10-14H2,1-3H3,(H,23,27)/b9-8+. The topological polar surface area (TPSA) is 84.3 Å². The molecule has 9 heteroatoms. The zero-order valence-electron chi connectivity index (χ0n) is 17.4. The van der Waals surface area contributed by atoms with Gasteiger partial charge in [0.15, 0.2) is 0 Å². The van der Waals surface area contributed by atoms with Crippen molar-refractivity contribution < 1.29 is 13.2 Å². The largest absolute Gasteiger partial charge is 0.350 e. The highest BCUT2D eigenvalue weighted by Gasteiger charge is 2.25. The molecular weight excluding hydrogens is 424 g/mol. The Kier molecular flexibility index (Phi) is 7.00. The molecule has 1 N–H and O–H groups in total. The average Bonchev–Trinajstić information content (AvgIpc) is 2.94. The molecular formula is C21H27ClN4O3S. The number of sulfonamides is 1. The van der Waals surface area contributed by atoms with Crippen molar-refractivity contribution in [1.29, 1.82) is 0 Å². The summed E-state index contributed by atoms with van der Waals surface area (Å²) in [5.74, 6) is -0.189. The number of amides is 1. The molecule has 2 heterocycles. The van der Waals surface area contributed by atoms with Crippen LogP contribution in [0.1, 0.15) is 35.4 Å². The van der Waals surface area contributed by atoms with Crippen LogP contribution in [-0.4, -0.2) is 53.8 Å². The monoisotopic (exact) mass is 450 g/mol. The molecule has 0 atom stereocenters. The van der Waals surface area contributed by atoms with E-state index in [1.54, 1.807) is 6.08 Å². The summed E-state index contributed by atoms with van der Waals surface area (Å²) in [6.07, 6.45) is 5.73. The van der Waals surface area contributed by atoms with Crippen molar-refractivity contribution in [2.75, 3.05) is 19.3 Å². The molecule has 0 aliphatic carbocycles. The van der Waals surface area contributed by atoms with Crippen LogP contribution in [0, 0.1) is 13.8 Å². The highest BCUT2D eigenvalue weighted by atomic mass is 35.5. The summed E-state index contributed by atoms with van der Waals surface area (Å²) in [6.45, 7) is 5.30. The van der Waals surface area contributed by atoms with E-state index in [9.17, 15) is 13.2 Å². The van der Waals surface area contributed by atoms with Crippen molar-refractivity contribution in [3.63, 3.8) is 0 Å². The predicted molar refractivity (Wildman–Crippen MR) is 119 cm³/mol. The van der Waals surface area contributed by atoms with Crippen molar-refractivity contribution >= 4 is 33.6 Å². The van der Waals surface area contributed by atoms with Gasteiger partial charge in [-0.2, -0.15) is 5.10 Å². The number of nitrogens with one attached hydrogen (secondary N) is 1. The number of rotatable bonds is 6. The molecule has 1 aliphatic heterocycles. The third-order valence-corrected chi connectivity index (χ3v) is 7.06. The minimum absolute atomic E-state index is 0.0229. The fraction of sp³-hybridized carbons (Fsp3) is 0.429. The lowest BCUT2D eigenvalue weighted by molar-refractivity contribution is -0.117. The lowest BCUT2D eigenvalue weighted by Crippen LogP contribution is -2.45. The fourth-order valence-electron chi connectivity index (χ4n) is 3.63. The van der Waals surface area contributed by atoms with Gasteiger partial charge >= 0.3 is 0 Å². The van der Waals surface area contributed by atoms with Gasteiger partial charge < -0.3 is 5.32 Å². The molecule has 1 aliphatic rings. The van der Waals surface area contributed by atoms with Crippen LogP contribution in [0.15, 0.2) is 30.3 Å². The maximum absolute atomic E-state index is 12.4. The lowest BCUT2D eigenvalue weighted by atomic mass is 10.1.